The third-order valence-corrected chi connectivity index (χ3v) is 1.80. The van der Waals surface area contributed by atoms with E-state index < -0.39 is 16.8 Å². The first-order chi connectivity index (χ1) is 4.18. The van der Waals surface area contributed by atoms with Gasteiger partial charge < -0.3 is 4.55 Å². The molecule has 0 aromatic heterocycles. The number of hydrogen-bond acceptors (Lipinski definition) is 3. The second-order valence-electron chi connectivity index (χ2n) is 2.03. The molecule has 50 valence electrons. The molecule has 9 heavy (non-hydrogen) atoms. The molecule has 0 aromatic carbocycles. The molecule has 1 saturated carbocycles. The zero-order valence-corrected chi connectivity index (χ0v) is 5.40. The molecule has 1 unspecified atom stereocenters. The van der Waals surface area contributed by atoms with Gasteiger partial charge in [0.05, 0.1) is 6.07 Å². The van der Waals surface area contributed by atoms with Gasteiger partial charge in [0.25, 0.3) is 0 Å². The molecule has 0 spiro atoms. The van der Waals surface area contributed by atoms with Crippen LogP contribution < -0.4 is 4.72 Å². The van der Waals surface area contributed by atoms with Crippen molar-refractivity contribution in [2.24, 2.45) is 0 Å². The van der Waals surface area contributed by atoms with Crippen LogP contribution in [0.25, 0.3) is 0 Å². The lowest BCUT2D eigenvalue weighted by Gasteiger charge is -2.09. The van der Waals surface area contributed by atoms with E-state index in [1.165, 1.54) is 0 Å². The van der Waals surface area contributed by atoms with E-state index in [1.54, 1.807) is 0 Å². The zero-order chi connectivity index (χ0) is 6.91. The minimum atomic E-state index is -2.29. The average molecular weight is 145 g/mol. The molecule has 4 nitrogen and oxygen atoms in total. The monoisotopic (exact) mass is 145 g/mol. The van der Waals surface area contributed by atoms with Gasteiger partial charge in [-0.15, -0.1) is 0 Å². The van der Waals surface area contributed by atoms with Crippen molar-refractivity contribution in [3.8, 4) is 6.07 Å². The maximum Gasteiger partial charge on any atom is 0.116 e. The number of hydrogen-bond donors (Lipinski definition) is 1. The summed E-state index contributed by atoms with van der Waals surface area (Å²) in [5.74, 6) is 0. The van der Waals surface area contributed by atoms with E-state index in [1.807, 2.05) is 6.07 Å². The van der Waals surface area contributed by atoms with E-state index in [0.29, 0.717) is 12.8 Å². The summed E-state index contributed by atoms with van der Waals surface area (Å²) in [4.78, 5) is 0. The van der Waals surface area contributed by atoms with Gasteiger partial charge in [0, 0.05) is 11.3 Å². The molecule has 0 heterocycles. The summed E-state index contributed by atoms with van der Waals surface area (Å²) in [5, 5.41) is 8.32. The predicted molar refractivity (Wildman–Crippen MR) is 29.6 cm³/mol. The van der Waals surface area contributed by atoms with E-state index >= 15 is 0 Å². The predicted octanol–water partition coefficient (Wildman–Crippen LogP) is -0.574. The van der Waals surface area contributed by atoms with Gasteiger partial charge in [-0.3, -0.25) is 4.21 Å². The minimum Gasteiger partial charge on any atom is -0.760 e. The molecule has 0 aromatic rings. The second-order valence-corrected chi connectivity index (χ2v) is 2.70. The van der Waals surface area contributed by atoms with Crippen molar-refractivity contribution >= 4 is 11.3 Å². The Morgan fingerprint density at radius 3 is 2.44 bits per heavy atom. The highest BCUT2D eigenvalue weighted by Gasteiger charge is 2.43. The standard InChI is InChI=1S/C4H6N2O2S/c5-3-4(1-2-4)6-9(7)8/h6H,1-2H2,(H,7,8)/p-1. The lowest BCUT2D eigenvalue weighted by molar-refractivity contribution is 0.514. The lowest BCUT2D eigenvalue weighted by atomic mass is 10.3. The SMILES string of the molecule is N#CC1(NS(=O)[O-])CC1. The van der Waals surface area contributed by atoms with E-state index in [4.69, 9.17) is 5.26 Å². The molecule has 0 bridgehead atoms. The van der Waals surface area contributed by atoms with Crippen LogP contribution in [0.15, 0.2) is 0 Å². The van der Waals surface area contributed by atoms with Gasteiger partial charge in [0.15, 0.2) is 0 Å². The van der Waals surface area contributed by atoms with Crippen LogP contribution in [0.2, 0.25) is 0 Å². The van der Waals surface area contributed by atoms with Gasteiger partial charge in [0.2, 0.25) is 0 Å². The largest absolute Gasteiger partial charge is 0.760 e. The Hall–Kier alpha value is -0.440. The fourth-order valence-electron chi connectivity index (χ4n) is 0.521. The lowest BCUT2D eigenvalue weighted by Crippen LogP contribution is -2.30. The first kappa shape index (κ1) is 6.68. The van der Waals surface area contributed by atoms with Gasteiger partial charge in [0.1, 0.15) is 5.54 Å². The molecule has 1 rings (SSSR count). The Kier molecular flexibility index (Phi) is 1.53. The smallest absolute Gasteiger partial charge is 0.116 e. The third-order valence-electron chi connectivity index (χ3n) is 1.24. The average Bonchev–Trinajstić information content (AvgIpc) is 2.48. The van der Waals surface area contributed by atoms with Crippen LogP contribution in [-0.2, 0) is 11.3 Å². The maximum absolute atomic E-state index is 9.95. The van der Waals surface area contributed by atoms with Crippen LogP contribution in [-0.4, -0.2) is 14.3 Å². The summed E-state index contributed by atoms with van der Waals surface area (Å²) >= 11 is -2.29. The van der Waals surface area contributed by atoms with Crippen LogP contribution in [0.4, 0.5) is 0 Å². The first-order valence-corrected chi connectivity index (χ1v) is 3.54. The molecule has 1 atom stereocenters. The van der Waals surface area contributed by atoms with Crippen molar-refractivity contribution < 1.29 is 8.76 Å². The molecule has 1 fully saturated rings. The Labute approximate surface area is 55.3 Å². The van der Waals surface area contributed by atoms with Crippen LogP contribution >= 0.6 is 0 Å². The highest BCUT2D eigenvalue weighted by atomic mass is 32.2. The minimum absolute atomic E-state index is 0.636. The first-order valence-electron chi connectivity index (χ1n) is 2.47. The summed E-state index contributed by atoms with van der Waals surface area (Å²) in [6, 6.07) is 1.88. The highest BCUT2D eigenvalue weighted by Crippen LogP contribution is 2.34. The number of rotatable bonds is 2. The van der Waals surface area contributed by atoms with Gasteiger partial charge in [-0.25, -0.2) is 4.72 Å². The van der Waals surface area contributed by atoms with E-state index in [0.717, 1.165) is 0 Å². The fourth-order valence-corrected chi connectivity index (χ4v) is 1.09. The molecular weight excluding hydrogens is 140 g/mol. The summed E-state index contributed by atoms with van der Waals surface area (Å²) in [6.45, 7) is 0. The van der Waals surface area contributed by atoms with E-state index in [9.17, 15) is 8.76 Å². The fraction of sp³-hybridized carbons (Fsp3) is 0.750. The van der Waals surface area contributed by atoms with Gasteiger partial charge in [-0.1, -0.05) is 0 Å². The number of nitriles is 1. The van der Waals surface area contributed by atoms with Gasteiger partial charge in [-0.2, -0.15) is 5.26 Å². The van der Waals surface area contributed by atoms with E-state index in [2.05, 4.69) is 4.72 Å². The van der Waals surface area contributed by atoms with Crippen LogP contribution in [0.1, 0.15) is 12.8 Å². The summed E-state index contributed by atoms with van der Waals surface area (Å²) in [5.41, 5.74) is -0.743. The van der Waals surface area contributed by atoms with Gasteiger partial charge in [-0.05, 0) is 12.8 Å². The summed E-state index contributed by atoms with van der Waals surface area (Å²) < 4.78 is 22.0. The second kappa shape index (κ2) is 2.06. The van der Waals surface area contributed by atoms with Crippen molar-refractivity contribution in [2.45, 2.75) is 18.4 Å². The molecule has 5 heteroatoms. The third kappa shape index (κ3) is 1.48. The quantitative estimate of drug-likeness (QED) is 0.528. The molecule has 0 aliphatic heterocycles. The maximum atomic E-state index is 9.95. The normalized spacial score (nSPS) is 24.4. The van der Waals surface area contributed by atoms with Crippen molar-refractivity contribution in [3.05, 3.63) is 0 Å². The highest BCUT2D eigenvalue weighted by molar-refractivity contribution is 7.77. The van der Waals surface area contributed by atoms with E-state index in [-0.39, 0.29) is 0 Å². The molecule has 1 N–H and O–H groups in total. The zero-order valence-electron chi connectivity index (χ0n) is 4.59. The topological polar surface area (TPSA) is 76.0 Å². The Bertz CT molecular complexity index is 181. The Balaban J connectivity index is 2.45. The van der Waals surface area contributed by atoms with Crippen LogP contribution in [0, 0.1) is 11.3 Å². The van der Waals surface area contributed by atoms with Crippen molar-refractivity contribution in [1.82, 2.24) is 4.72 Å². The van der Waals surface area contributed by atoms with Crippen molar-refractivity contribution in [2.75, 3.05) is 0 Å². The summed E-state index contributed by atoms with van der Waals surface area (Å²) in [6.07, 6.45) is 1.27. The Morgan fingerprint density at radius 1 is 1.78 bits per heavy atom. The van der Waals surface area contributed by atoms with Gasteiger partial charge >= 0.3 is 0 Å². The van der Waals surface area contributed by atoms with Crippen molar-refractivity contribution in [1.29, 1.82) is 5.26 Å². The van der Waals surface area contributed by atoms with Crippen LogP contribution in [0.5, 0.6) is 0 Å². The molecule has 1 aliphatic carbocycles. The molecule has 1 aliphatic rings. The Morgan fingerprint density at radius 2 is 2.33 bits per heavy atom. The molecule has 0 radical (unpaired) electrons. The molecule has 0 saturated heterocycles. The number of nitrogens with one attached hydrogen (secondary N) is 1. The summed E-state index contributed by atoms with van der Waals surface area (Å²) in [7, 11) is 0. The number of nitrogens with zero attached hydrogens (tertiary/aromatic N) is 1. The van der Waals surface area contributed by atoms with Crippen molar-refractivity contribution in [3.63, 3.8) is 0 Å². The van der Waals surface area contributed by atoms with Crippen LogP contribution in [0.3, 0.4) is 0 Å². The molecular formula is C4H5N2O2S-. The molecule has 0 amide bonds.